The van der Waals surface area contributed by atoms with E-state index in [2.05, 4.69) is 25.3 Å². The molecule has 1 aromatic carbocycles. The zero-order chi connectivity index (χ0) is 19.5. The first-order valence-corrected chi connectivity index (χ1v) is 8.90. The predicted octanol–water partition coefficient (Wildman–Crippen LogP) is 2.04. The summed E-state index contributed by atoms with van der Waals surface area (Å²) in [4.78, 5) is 40.5. The van der Waals surface area contributed by atoms with Gasteiger partial charge in [-0.1, -0.05) is 25.1 Å². The van der Waals surface area contributed by atoms with Gasteiger partial charge >= 0.3 is 5.69 Å². The van der Waals surface area contributed by atoms with Crippen LogP contribution in [0.2, 0.25) is 0 Å². The van der Waals surface area contributed by atoms with Crippen molar-refractivity contribution in [1.29, 1.82) is 0 Å². The lowest BCUT2D eigenvalue weighted by Gasteiger charge is -2.08. The summed E-state index contributed by atoms with van der Waals surface area (Å²) < 4.78 is 1.09. The molecule has 0 unspecified atom stereocenters. The standard InChI is InChI=1S/C20H18N6O2/c1-2-13-5-7-15(8-6-13)26-18(27)16-12-23-19(24-17(16)25-20(26)28)22-11-14-4-3-9-21-10-14/h3-10,12H,2,11H2,1H3,(H2,22,23,24,25,28). The summed E-state index contributed by atoms with van der Waals surface area (Å²) in [7, 11) is 0. The van der Waals surface area contributed by atoms with Crippen LogP contribution >= 0.6 is 0 Å². The van der Waals surface area contributed by atoms with Crippen molar-refractivity contribution in [2.24, 2.45) is 0 Å². The van der Waals surface area contributed by atoms with Gasteiger partial charge in [-0.25, -0.2) is 14.3 Å². The van der Waals surface area contributed by atoms with Gasteiger partial charge in [0, 0.05) is 25.1 Å². The fourth-order valence-electron chi connectivity index (χ4n) is 2.89. The van der Waals surface area contributed by atoms with Gasteiger partial charge in [0.2, 0.25) is 5.95 Å². The van der Waals surface area contributed by atoms with E-state index in [-0.39, 0.29) is 11.0 Å². The van der Waals surface area contributed by atoms with Gasteiger partial charge in [-0.15, -0.1) is 0 Å². The molecule has 4 aromatic rings. The molecule has 0 saturated heterocycles. The molecule has 0 aliphatic heterocycles. The van der Waals surface area contributed by atoms with Crippen molar-refractivity contribution in [1.82, 2.24) is 24.5 Å². The van der Waals surface area contributed by atoms with E-state index in [1.165, 1.54) is 6.20 Å². The molecule has 8 heteroatoms. The molecule has 4 rings (SSSR count). The minimum Gasteiger partial charge on any atom is -0.350 e. The Bertz CT molecular complexity index is 1230. The van der Waals surface area contributed by atoms with E-state index in [1.54, 1.807) is 24.5 Å². The molecule has 0 saturated carbocycles. The predicted molar refractivity (Wildman–Crippen MR) is 107 cm³/mol. The van der Waals surface area contributed by atoms with Crippen LogP contribution in [0.4, 0.5) is 5.95 Å². The monoisotopic (exact) mass is 374 g/mol. The Morgan fingerprint density at radius 2 is 1.89 bits per heavy atom. The molecule has 0 aliphatic rings. The number of aromatic amines is 1. The lowest BCUT2D eigenvalue weighted by molar-refractivity contribution is 0.890. The Labute approximate surface area is 160 Å². The maximum absolute atomic E-state index is 12.8. The van der Waals surface area contributed by atoms with Crippen LogP contribution in [-0.4, -0.2) is 24.5 Å². The van der Waals surface area contributed by atoms with Gasteiger partial charge in [0.15, 0.2) is 5.65 Å². The third kappa shape index (κ3) is 3.39. The van der Waals surface area contributed by atoms with E-state index in [0.29, 0.717) is 18.2 Å². The summed E-state index contributed by atoms with van der Waals surface area (Å²) in [5.41, 5.74) is 1.79. The van der Waals surface area contributed by atoms with E-state index >= 15 is 0 Å². The summed E-state index contributed by atoms with van der Waals surface area (Å²) in [5.74, 6) is 0.316. The minimum absolute atomic E-state index is 0.195. The fourth-order valence-corrected chi connectivity index (χ4v) is 2.89. The van der Waals surface area contributed by atoms with E-state index in [4.69, 9.17) is 0 Å². The SMILES string of the molecule is CCc1ccc(-n2c(=O)[nH]c3nc(NCc4cccnc4)ncc3c2=O)cc1. The number of aromatic nitrogens is 5. The van der Waals surface area contributed by atoms with Gasteiger partial charge < -0.3 is 5.32 Å². The molecule has 28 heavy (non-hydrogen) atoms. The van der Waals surface area contributed by atoms with Crippen LogP contribution in [0.3, 0.4) is 0 Å². The maximum atomic E-state index is 12.8. The molecular weight excluding hydrogens is 356 g/mol. The second-order valence-electron chi connectivity index (χ2n) is 6.26. The fraction of sp³-hybridized carbons (Fsp3) is 0.150. The molecule has 0 radical (unpaired) electrons. The van der Waals surface area contributed by atoms with Gasteiger partial charge in [-0.3, -0.25) is 14.8 Å². The zero-order valence-corrected chi connectivity index (χ0v) is 15.2. The number of nitrogens with one attached hydrogen (secondary N) is 2. The third-order valence-corrected chi connectivity index (χ3v) is 4.43. The molecule has 0 fully saturated rings. The van der Waals surface area contributed by atoms with Crippen molar-refractivity contribution in [3.63, 3.8) is 0 Å². The highest BCUT2D eigenvalue weighted by molar-refractivity contribution is 5.73. The van der Waals surface area contributed by atoms with Gasteiger partial charge in [0.05, 0.1) is 5.69 Å². The molecular formula is C20H18N6O2. The normalized spacial score (nSPS) is 10.9. The van der Waals surface area contributed by atoms with Gasteiger partial charge in [0.1, 0.15) is 5.39 Å². The molecule has 3 heterocycles. The van der Waals surface area contributed by atoms with E-state index in [1.807, 2.05) is 31.2 Å². The van der Waals surface area contributed by atoms with Crippen molar-refractivity contribution >= 4 is 17.0 Å². The molecule has 3 aromatic heterocycles. The molecule has 0 atom stereocenters. The highest BCUT2D eigenvalue weighted by atomic mass is 16.2. The summed E-state index contributed by atoms with van der Waals surface area (Å²) in [6, 6.07) is 11.1. The van der Waals surface area contributed by atoms with Gasteiger partial charge in [-0.2, -0.15) is 4.98 Å². The van der Waals surface area contributed by atoms with Crippen LogP contribution in [0.25, 0.3) is 16.7 Å². The van der Waals surface area contributed by atoms with Crippen LogP contribution in [-0.2, 0) is 13.0 Å². The number of rotatable bonds is 5. The van der Waals surface area contributed by atoms with E-state index in [9.17, 15) is 9.59 Å². The van der Waals surface area contributed by atoms with Crippen molar-refractivity contribution in [2.75, 3.05) is 5.32 Å². The van der Waals surface area contributed by atoms with E-state index < -0.39 is 11.2 Å². The summed E-state index contributed by atoms with van der Waals surface area (Å²) >= 11 is 0. The van der Waals surface area contributed by atoms with Crippen LogP contribution < -0.4 is 16.6 Å². The van der Waals surface area contributed by atoms with Crippen LogP contribution in [0, 0.1) is 0 Å². The molecule has 2 N–H and O–H groups in total. The second-order valence-corrected chi connectivity index (χ2v) is 6.26. The van der Waals surface area contributed by atoms with Crippen molar-refractivity contribution in [3.8, 4) is 5.69 Å². The number of anilines is 1. The molecule has 0 bridgehead atoms. The minimum atomic E-state index is -0.543. The Hall–Kier alpha value is -3.81. The third-order valence-electron chi connectivity index (χ3n) is 4.43. The second kappa shape index (κ2) is 7.43. The Balaban J connectivity index is 1.69. The van der Waals surface area contributed by atoms with E-state index in [0.717, 1.165) is 22.1 Å². The molecule has 8 nitrogen and oxygen atoms in total. The number of hydrogen-bond acceptors (Lipinski definition) is 6. The first kappa shape index (κ1) is 17.6. The van der Waals surface area contributed by atoms with Crippen molar-refractivity contribution in [2.45, 2.75) is 19.9 Å². The highest BCUT2D eigenvalue weighted by Crippen LogP contribution is 2.10. The van der Waals surface area contributed by atoms with Crippen molar-refractivity contribution < 1.29 is 0 Å². The van der Waals surface area contributed by atoms with Crippen molar-refractivity contribution in [3.05, 3.63) is 87.0 Å². The number of fused-ring (bicyclic) bond motifs is 1. The largest absolute Gasteiger partial charge is 0.350 e. The number of hydrogen-bond donors (Lipinski definition) is 2. The summed E-state index contributed by atoms with van der Waals surface area (Å²) in [5, 5.41) is 3.30. The smallest absolute Gasteiger partial charge is 0.334 e. The average Bonchev–Trinajstić information content (AvgIpc) is 2.73. The average molecular weight is 374 g/mol. The van der Waals surface area contributed by atoms with Gasteiger partial charge in [0.25, 0.3) is 5.56 Å². The topological polar surface area (TPSA) is 106 Å². The molecule has 0 aliphatic carbocycles. The summed E-state index contributed by atoms with van der Waals surface area (Å²) in [6.07, 6.45) is 5.73. The van der Waals surface area contributed by atoms with Gasteiger partial charge in [-0.05, 0) is 35.7 Å². The molecule has 140 valence electrons. The quantitative estimate of drug-likeness (QED) is 0.554. The maximum Gasteiger partial charge on any atom is 0.334 e. The highest BCUT2D eigenvalue weighted by Gasteiger charge is 2.12. The van der Waals surface area contributed by atoms with Crippen LogP contribution in [0.1, 0.15) is 18.1 Å². The molecule has 0 amide bonds. The number of aryl methyl sites for hydroxylation is 1. The van der Waals surface area contributed by atoms with Crippen LogP contribution in [0.15, 0.2) is 64.6 Å². The first-order chi connectivity index (χ1) is 13.7. The number of pyridine rings is 1. The first-order valence-electron chi connectivity index (χ1n) is 8.90. The zero-order valence-electron chi connectivity index (χ0n) is 15.2. The Kier molecular flexibility index (Phi) is 4.67. The van der Waals surface area contributed by atoms with Crippen LogP contribution in [0.5, 0.6) is 0 Å². The molecule has 0 spiro atoms. The number of benzene rings is 1. The lowest BCUT2D eigenvalue weighted by Crippen LogP contribution is -2.34. The lowest BCUT2D eigenvalue weighted by atomic mass is 10.1. The number of nitrogens with zero attached hydrogens (tertiary/aromatic N) is 4. The Morgan fingerprint density at radius 3 is 2.61 bits per heavy atom. The number of H-pyrrole nitrogens is 1. The summed E-state index contributed by atoms with van der Waals surface area (Å²) in [6.45, 7) is 2.52. The Morgan fingerprint density at radius 1 is 1.07 bits per heavy atom.